The van der Waals surface area contributed by atoms with Crippen LogP contribution in [-0.2, 0) is 65.4 Å². The highest BCUT2D eigenvalue weighted by Gasteiger charge is 2.30. The van der Waals surface area contributed by atoms with Gasteiger partial charge in [0.2, 0.25) is 0 Å². The van der Waals surface area contributed by atoms with E-state index in [0.29, 0.717) is 25.7 Å². The lowest BCUT2D eigenvalue weighted by atomic mass is 9.99. The topological polar surface area (TPSA) is 237 Å². The van der Waals surface area contributed by atoms with Gasteiger partial charge in [-0.25, -0.2) is 9.13 Å². The summed E-state index contributed by atoms with van der Waals surface area (Å²) < 4.78 is 68.6. The molecular weight excluding hydrogens is 1260 g/mol. The van der Waals surface area contributed by atoms with Gasteiger partial charge < -0.3 is 33.8 Å². The average Bonchev–Trinajstić information content (AvgIpc) is 3.68. The lowest BCUT2D eigenvalue weighted by molar-refractivity contribution is -0.161. The normalized spacial score (nSPS) is 14.3. The van der Waals surface area contributed by atoms with Crippen molar-refractivity contribution in [3.63, 3.8) is 0 Å². The number of carbonyl (C=O) groups is 4. The molecule has 0 aliphatic heterocycles. The van der Waals surface area contributed by atoms with Crippen molar-refractivity contribution in [2.45, 2.75) is 414 Å². The van der Waals surface area contributed by atoms with Crippen molar-refractivity contribution < 1.29 is 80.2 Å². The van der Waals surface area contributed by atoms with Gasteiger partial charge in [0.25, 0.3) is 0 Å². The Labute approximate surface area is 588 Å². The lowest BCUT2D eigenvalue weighted by Crippen LogP contribution is -2.30. The number of esters is 4. The molecule has 0 radical (unpaired) electrons. The van der Waals surface area contributed by atoms with Crippen molar-refractivity contribution in [1.29, 1.82) is 0 Å². The Morgan fingerprint density at radius 1 is 0.302 bits per heavy atom. The van der Waals surface area contributed by atoms with Crippen molar-refractivity contribution in [1.82, 2.24) is 0 Å². The van der Waals surface area contributed by atoms with Gasteiger partial charge in [0.15, 0.2) is 12.2 Å². The molecule has 0 amide bonds. The first-order chi connectivity index (χ1) is 46.3. The number of ether oxygens (including phenoxy) is 4. The quantitative estimate of drug-likeness (QED) is 0.0222. The fourth-order valence-corrected chi connectivity index (χ4v) is 13.3. The van der Waals surface area contributed by atoms with Crippen LogP contribution < -0.4 is 0 Å². The highest BCUT2D eigenvalue weighted by molar-refractivity contribution is 7.47. The summed E-state index contributed by atoms with van der Waals surface area (Å²) in [6.45, 7) is 11.9. The van der Waals surface area contributed by atoms with Gasteiger partial charge in [-0.15, -0.1) is 0 Å². The van der Waals surface area contributed by atoms with E-state index in [9.17, 15) is 43.2 Å². The summed E-state index contributed by atoms with van der Waals surface area (Å²) >= 11 is 0. The van der Waals surface area contributed by atoms with E-state index >= 15 is 0 Å². The number of hydrogen-bond donors (Lipinski definition) is 3. The van der Waals surface area contributed by atoms with Gasteiger partial charge >= 0.3 is 39.5 Å². The highest BCUT2D eigenvalue weighted by Crippen LogP contribution is 2.45. The molecule has 0 bridgehead atoms. The Balaban J connectivity index is 5.26. The predicted octanol–water partition coefficient (Wildman–Crippen LogP) is 22.6. The van der Waals surface area contributed by atoms with Crippen LogP contribution in [0.15, 0.2) is 0 Å². The molecule has 0 saturated heterocycles. The smallest absolute Gasteiger partial charge is 0.462 e. The Morgan fingerprint density at radius 3 is 0.792 bits per heavy atom. The number of unbranched alkanes of at least 4 members (excludes halogenated alkanes) is 42. The molecule has 3 unspecified atom stereocenters. The van der Waals surface area contributed by atoms with Crippen molar-refractivity contribution >= 4 is 39.5 Å². The van der Waals surface area contributed by atoms with Crippen LogP contribution in [0.1, 0.15) is 395 Å². The number of phosphoric ester groups is 2. The maximum atomic E-state index is 13.1. The highest BCUT2D eigenvalue weighted by atomic mass is 31.2. The van der Waals surface area contributed by atoms with Gasteiger partial charge in [-0.1, -0.05) is 344 Å². The zero-order chi connectivity index (χ0) is 70.9. The van der Waals surface area contributed by atoms with Gasteiger partial charge in [-0.2, -0.15) is 0 Å². The van der Waals surface area contributed by atoms with E-state index in [1.165, 1.54) is 205 Å². The number of phosphoric acid groups is 2. The van der Waals surface area contributed by atoms with E-state index in [2.05, 4.69) is 48.5 Å². The molecule has 570 valence electrons. The molecular formula is C77H150O17P2. The molecule has 0 heterocycles. The minimum Gasteiger partial charge on any atom is -0.462 e. The van der Waals surface area contributed by atoms with Crippen molar-refractivity contribution in [3.8, 4) is 0 Å². The van der Waals surface area contributed by atoms with E-state index in [1.54, 1.807) is 0 Å². The Hall–Kier alpha value is -1.94. The van der Waals surface area contributed by atoms with Gasteiger partial charge in [0.05, 0.1) is 26.4 Å². The largest absolute Gasteiger partial charge is 0.472 e. The first-order valence-electron chi connectivity index (χ1n) is 39.9. The standard InChI is InChI=1S/C77H150O17P2/c1-8-10-11-12-13-14-15-16-17-21-24-29-37-44-51-58-74(79)87-64-72(93-76(81)60-53-46-39-30-25-22-19-18-20-23-27-34-41-48-55-68(3)4)66-91-95(83,84)89-62-71(78)63-90-96(85,86)92-67-73(94-77(82)61-54-47-40-31-26-28-35-42-49-56-69(5)6)65-88-75(80)59-52-45-38-33-32-36-43-50-57-70(7)9-2/h68-73,78H,8-67H2,1-7H3,(H,83,84)(H,85,86)/t70?,71-,72-,73-/m1/s1. The predicted molar refractivity (Wildman–Crippen MR) is 391 cm³/mol. The fourth-order valence-electron chi connectivity index (χ4n) is 11.7. The minimum atomic E-state index is -4.96. The SMILES string of the molecule is CCCCCCCCCCCCCCCCCC(=O)OC[C@H](COP(=O)(O)OC[C@@H](O)COP(=O)(O)OC[C@@H](COC(=O)CCCCCCCCCCC(C)CC)OC(=O)CCCCCCCCCCCC(C)C)OC(=O)CCCCCCCCCCCCCCCCC(C)C. The third kappa shape index (κ3) is 69.2. The van der Waals surface area contributed by atoms with Crippen LogP contribution in [0.3, 0.4) is 0 Å². The lowest BCUT2D eigenvalue weighted by Gasteiger charge is -2.21. The van der Waals surface area contributed by atoms with Crippen LogP contribution in [0.4, 0.5) is 0 Å². The molecule has 6 atom stereocenters. The molecule has 0 aliphatic rings. The number of hydrogen-bond acceptors (Lipinski definition) is 15. The maximum absolute atomic E-state index is 13.1. The van der Waals surface area contributed by atoms with Crippen LogP contribution in [0, 0.1) is 17.8 Å². The molecule has 19 heteroatoms. The molecule has 0 fully saturated rings. The molecule has 96 heavy (non-hydrogen) atoms. The second-order valence-corrected chi connectivity index (χ2v) is 31.8. The van der Waals surface area contributed by atoms with E-state index < -0.39 is 97.5 Å². The summed E-state index contributed by atoms with van der Waals surface area (Å²) in [4.78, 5) is 72.9. The number of aliphatic hydroxyl groups excluding tert-OH is 1. The molecule has 0 aliphatic carbocycles. The summed E-state index contributed by atoms with van der Waals surface area (Å²) in [6.07, 6.45) is 54.0. The van der Waals surface area contributed by atoms with Gasteiger partial charge in [-0.3, -0.25) is 37.3 Å². The Morgan fingerprint density at radius 2 is 0.531 bits per heavy atom. The monoisotopic (exact) mass is 1410 g/mol. The summed E-state index contributed by atoms with van der Waals surface area (Å²) in [5.74, 6) is 0.193. The Kier molecular flexibility index (Phi) is 66.2. The van der Waals surface area contributed by atoms with Crippen molar-refractivity contribution in [2.75, 3.05) is 39.6 Å². The fraction of sp³-hybridized carbons (Fsp3) is 0.948. The summed E-state index contributed by atoms with van der Waals surface area (Å²) in [5, 5.41) is 10.6. The summed E-state index contributed by atoms with van der Waals surface area (Å²) in [6, 6.07) is 0. The minimum absolute atomic E-state index is 0.105. The van der Waals surface area contributed by atoms with E-state index in [0.717, 1.165) is 108 Å². The summed E-state index contributed by atoms with van der Waals surface area (Å²) in [5.41, 5.74) is 0. The van der Waals surface area contributed by atoms with Gasteiger partial charge in [0.1, 0.15) is 19.3 Å². The average molecular weight is 1410 g/mol. The first kappa shape index (κ1) is 94.1. The first-order valence-corrected chi connectivity index (χ1v) is 42.9. The third-order valence-corrected chi connectivity index (χ3v) is 20.1. The van der Waals surface area contributed by atoms with Crippen LogP contribution in [-0.4, -0.2) is 96.7 Å². The van der Waals surface area contributed by atoms with Crippen LogP contribution >= 0.6 is 15.6 Å². The van der Waals surface area contributed by atoms with Crippen LogP contribution in [0.25, 0.3) is 0 Å². The van der Waals surface area contributed by atoms with Gasteiger partial charge in [-0.05, 0) is 43.4 Å². The number of rotatable bonds is 75. The van der Waals surface area contributed by atoms with Crippen molar-refractivity contribution in [3.05, 3.63) is 0 Å². The maximum Gasteiger partial charge on any atom is 0.472 e. The van der Waals surface area contributed by atoms with E-state index in [1.807, 2.05) is 0 Å². The zero-order valence-electron chi connectivity index (χ0n) is 62.8. The number of aliphatic hydroxyl groups is 1. The molecule has 17 nitrogen and oxygen atoms in total. The number of carbonyl (C=O) groups excluding carboxylic acids is 4. The molecule has 0 spiro atoms. The van der Waals surface area contributed by atoms with E-state index in [-0.39, 0.29) is 25.7 Å². The molecule has 0 saturated carbocycles. The second kappa shape index (κ2) is 67.5. The molecule has 0 aromatic rings. The van der Waals surface area contributed by atoms with Crippen LogP contribution in [0.2, 0.25) is 0 Å². The molecule has 0 aromatic carbocycles. The Bertz CT molecular complexity index is 1870. The van der Waals surface area contributed by atoms with Crippen LogP contribution in [0.5, 0.6) is 0 Å². The van der Waals surface area contributed by atoms with Crippen molar-refractivity contribution in [2.24, 2.45) is 17.8 Å². The third-order valence-electron chi connectivity index (χ3n) is 18.2. The summed E-state index contributed by atoms with van der Waals surface area (Å²) in [7, 11) is -9.91. The van der Waals surface area contributed by atoms with E-state index in [4.69, 9.17) is 37.0 Å². The zero-order valence-corrected chi connectivity index (χ0v) is 64.6. The molecule has 3 N–H and O–H groups in total. The second-order valence-electron chi connectivity index (χ2n) is 28.9. The molecule has 0 aromatic heterocycles. The molecule has 0 rings (SSSR count). The van der Waals surface area contributed by atoms with Gasteiger partial charge in [0, 0.05) is 25.7 Å².